The van der Waals surface area contributed by atoms with Gasteiger partial charge in [0.2, 0.25) is 0 Å². The van der Waals surface area contributed by atoms with Crippen molar-refractivity contribution in [1.29, 1.82) is 0 Å². The topological polar surface area (TPSA) is 65.1 Å². The minimum atomic E-state index is -0.698. The van der Waals surface area contributed by atoms with Gasteiger partial charge in [0.1, 0.15) is 17.3 Å². The molecule has 20 heavy (non-hydrogen) atoms. The number of rotatable bonds is 2. The molecule has 1 heterocycles. The number of nitrogens with zero attached hydrogens (tertiary/aromatic N) is 3. The summed E-state index contributed by atoms with van der Waals surface area (Å²) < 4.78 is 28.3. The summed E-state index contributed by atoms with van der Waals surface area (Å²) in [6.07, 6.45) is 0.845. The number of amidine groups is 1. The lowest BCUT2D eigenvalue weighted by atomic mass is 10.1. The highest BCUT2D eigenvalue weighted by Crippen LogP contribution is 2.26. The second-order valence-electron chi connectivity index (χ2n) is 4.92. The molecule has 5 nitrogen and oxygen atoms in total. The molecule has 1 saturated heterocycles. The zero-order valence-electron chi connectivity index (χ0n) is 11.3. The van der Waals surface area contributed by atoms with Gasteiger partial charge in [0.15, 0.2) is 5.84 Å². The highest BCUT2D eigenvalue weighted by molar-refractivity contribution is 5.97. The van der Waals surface area contributed by atoms with Gasteiger partial charge in [-0.1, -0.05) is 5.16 Å². The molecule has 0 saturated carbocycles. The van der Waals surface area contributed by atoms with Crippen molar-refractivity contribution in [2.24, 2.45) is 10.9 Å². The molecular weight excluding hydrogens is 266 g/mol. The number of halogens is 2. The fraction of sp³-hybridized carbons (Fsp3) is 0.462. The average molecular weight is 284 g/mol. The molecule has 2 rings (SSSR count). The Kier molecular flexibility index (Phi) is 4.39. The van der Waals surface area contributed by atoms with Crippen molar-refractivity contribution in [2.75, 3.05) is 38.1 Å². The normalized spacial score (nSPS) is 18.1. The maximum absolute atomic E-state index is 14.1. The van der Waals surface area contributed by atoms with Gasteiger partial charge in [0.05, 0.1) is 0 Å². The van der Waals surface area contributed by atoms with Gasteiger partial charge in [0, 0.05) is 25.2 Å². The number of oxime groups is 1. The molecule has 1 aliphatic rings. The fourth-order valence-corrected chi connectivity index (χ4v) is 2.34. The van der Waals surface area contributed by atoms with Gasteiger partial charge in [-0.25, -0.2) is 8.78 Å². The van der Waals surface area contributed by atoms with Crippen molar-refractivity contribution in [3.05, 3.63) is 29.3 Å². The average Bonchev–Trinajstić information content (AvgIpc) is 2.62. The van der Waals surface area contributed by atoms with E-state index in [4.69, 9.17) is 10.9 Å². The Balaban J connectivity index is 2.32. The molecule has 0 bridgehead atoms. The molecule has 0 atom stereocenters. The molecule has 1 aromatic carbocycles. The van der Waals surface area contributed by atoms with Gasteiger partial charge in [-0.15, -0.1) is 0 Å². The summed E-state index contributed by atoms with van der Waals surface area (Å²) >= 11 is 0. The van der Waals surface area contributed by atoms with E-state index in [9.17, 15) is 8.78 Å². The molecule has 7 heteroatoms. The standard InChI is InChI=1S/C13H18F2N4O/c1-18-3-2-4-19(6-5-18)12-10(14)7-9(8-11(12)15)13(16)17-20/h7-8,20H,2-6H2,1H3,(H2,16,17). The van der Waals surface area contributed by atoms with Crippen LogP contribution in [0.5, 0.6) is 0 Å². The van der Waals surface area contributed by atoms with Crippen LogP contribution in [0.3, 0.4) is 0 Å². The predicted octanol–water partition coefficient (Wildman–Crippen LogP) is 1.20. The molecule has 0 unspecified atom stereocenters. The van der Waals surface area contributed by atoms with E-state index in [0.717, 1.165) is 31.6 Å². The molecule has 1 aromatic rings. The Morgan fingerprint density at radius 1 is 1.20 bits per heavy atom. The van der Waals surface area contributed by atoms with E-state index in [1.807, 2.05) is 7.05 Å². The van der Waals surface area contributed by atoms with Gasteiger partial charge in [0.25, 0.3) is 0 Å². The molecule has 1 fully saturated rings. The summed E-state index contributed by atoms with van der Waals surface area (Å²) in [7, 11) is 1.98. The second kappa shape index (κ2) is 6.04. The van der Waals surface area contributed by atoms with E-state index in [1.54, 1.807) is 4.90 Å². The lowest BCUT2D eigenvalue weighted by molar-refractivity contribution is 0.318. The number of likely N-dealkylation sites (N-methyl/N-ethyl adjacent to an activating group) is 1. The van der Waals surface area contributed by atoms with E-state index >= 15 is 0 Å². The monoisotopic (exact) mass is 284 g/mol. The maximum atomic E-state index is 14.1. The molecule has 3 N–H and O–H groups in total. The van der Waals surface area contributed by atoms with E-state index in [-0.39, 0.29) is 17.1 Å². The number of hydrogen-bond acceptors (Lipinski definition) is 4. The van der Waals surface area contributed by atoms with Crippen molar-refractivity contribution < 1.29 is 14.0 Å². The van der Waals surface area contributed by atoms with Gasteiger partial charge in [-0.3, -0.25) is 0 Å². The molecule has 110 valence electrons. The third-order valence-electron chi connectivity index (χ3n) is 3.46. The Morgan fingerprint density at radius 3 is 2.45 bits per heavy atom. The molecular formula is C13H18F2N4O. The molecule has 0 aliphatic carbocycles. The zero-order valence-corrected chi connectivity index (χ0v) is 11.3. The lowest BCUT2D eigenvalue weighted by Crippen LogP contribution is -2.30. The van der Waals surface area contributed by atoms with Gasteiger partial charge >= 0.3 is 0 Å². The van der Waals surface area contributed by atoms with Crippen molar-refractivity contribution >= 4 is 11.5 Å². The van der Waals surface area contributed by atoms with Crippen LogP contribution in [0.15, 0.2) is 17.3 Å². The van der Waals surface area contributed by atoms with E-state index in [1.165, 1.54) is 0 Å². The SMILES string of the molecule is CN1CCCN(c2c(F)cc(C(N)=NO)cc2F)CC1. The van der Waals surface area contributed by atoms with E-state index in [0.29, 0.717) is 13.1 Å². The van der Waals surface area contributed by atoms with Crippen LogP contribution in [-0.2, 0) is 0 Å². The highest BCUT2D eigenvalue weighted by atomic mass is 19.1. The van der Waals surface area contributed by atoms with Crippen LogP contribution in [0.25, 0.3) is 0 Å². The largest absolute Gasteiger partial charge is 0.409 e. The van der Waals surface area contributed by atoms with E-state index < -0.39 is 11.6 Å². The van der Waals surface area contributed by atoms with Crippen LogP contribution in [-0.4, -0.2) is 49.2 Å². The minimum Gasteiger partial charge on any atom is -0.409 e. The molecule has 1 aliphatic heterocycles. The van der Waals surface area contributed by atoms with Gasteiger partial charge < -0.3 is 20.7 Å². The fourth-order valence-electron chi connectivity index (χ4n) is 2.34. The van der Waals surface area contributed by atoms with Crippen LogP contribution >= 0.6 is 0 Å². The summed E-state index contributed by atoms with van der Waals surface area (Å²) in [5, 5.41) is 11.3. The van der Waals surface area contributed by atoms with Crippen molar-refractivity contribution in [2.45, 2.75) is 6.42 Å². The Morgan fingerprint density at radius 2 is 1.85 bits per heavy atom. The smallest absolute Gasteiger partial charge is 0.170 e. The molecule has 0 amide bonds. The van der Waals surface area contributed by atoms with Gasteiger partial charge in [-0.2, -0.15) is 0 Å². The first-order valence-corrected chi connectivity index (χ1v) is 6.43. The van der Waals surface area contributed by atoms with Gasteiger partial charge in [-0.05, 0) is 32.1 Å². The van der Waals surface area contributed by atoms with Crippen LogP contribution in [0.1, 0.15) is 12.0 Å². The zero-order chi connectivity index (χ0) is 14.7. The van der Waals surface area contributed by atoms with Crippen molar-refractivity contribution in [1.82, 2.24) is 4.90 Å². The minimum absolute atomic E-state index is 0.0261. The lowest BCUT2D eigenvalue weighted by Gasteiger charge is -2.24. The summed E-state index contributed by atoms with van der Waals surface area (Å²) in [4.78, 5) is 3.82. The quantitative estimate of drug-likeness (QED) is 0.371. The van der Waals surface area contributed by atoms with Crippen molar-refractivity contribution in [3.8, 4) is 0 Å². The second-order valence-corrected chi connectivity index (χ2v) is 4.92. The van der Waals surface area contributed by atoms with Crippen LogP contribution < -0.4 is 10.6 Å². The summed E-state index contributed by atoms with van der Waals surface area (Å²) in [6, 6.07) is 2.17. The third-order valence-corrected chi connectivity index (χ3v) is 3.46. The Bertz CT molecular complexity index is 498. The van der Waals surface area contributed by atoms with Crippen LogP contribution in [0.2, 0.25) is 0 Å². The number of hydrogen-bond donors (Lipinski definition) is 2. The molecule has 0 aromatic heterocycles. The third kappa shape index (κ3) is 2.98. The summed E-state index contributed by atoms with van der Waals surface area (Å²) in [6.45, 7) is 2.82. The molecule has 0 spiro atoms. The first-order chi connectivity index (χ1) is 9.52. The van der Waals surface area contributed by atoms with Crippen molar-refractivity contribution in [3.63, 3.8) is 0 Å². The van der Waals surface area contributed by atoms with Crippen LogP contribution in [0.4, 0.5) is 14.5 Å². The summed E-state index contributed by atoms with van der Waals surface area (Å²) in [5.74, 6) is -1.71. The Labute approximate surface area is 116 Å². The number of benzene rings is 1. The predicted molar refractivity (Wildman–Crippen MR) is 73.2 cm³/mol. The number of nitrogens with two attached hydrogens (primary N) is 1. The first-order valence-electron chi connectivity index (χ1n) is 6.43. The van der Waals surface area contributed by atoms with Crippen LogP contribution in [0, 0.1) is 11.6 Å². The molecule has 0 radical (unpaired) electrons. The highest BCUT2D eigenvalue weighted by Gasteiger charge is 2.21. The Hall–Kier alpha value is -1.89. The van der Waals surface area contributed by atoms with E-state index in [2.05, 4.69) is 10.1 Å². The maximum Gasteiger partial charge on any atom is 0.170 e. The number of anilines is 1. The summed E-state index contributed by atoms with van der Waals surface area (Å²) in [5.41, 5.74) is 5.33. The first kappa shape index (κ1) is 14.5.